The molecule has 2 aliphatic rings. The van der Waals surface area contributed by atoms with E-state index in [9.17, 15) is 9.59 Å². The number of carboxylic acids is 1. The maximum atomic E-state index is 12.5. The Morgan fingerprint density at radius 1 is 1.33 bits per heavy atom. The zero-order valence-electron chi connectivity index (χ0n) is 15.5. The average Bonchev–Trinajstić information content (AvgIpc) is 3.08. The van der Waals surface area contributed by atoms with Gasteiger partial charge in [-0.3, -0.25) is 4.79 Å². The van der Waals surface area contributed by atoms with Crippen LogP contribution >= 0.6 is 11.8 Å². The second kappa shape index (κ2) is 9.46. The molecule has 0 saturated carbocycles. The number of aliphatic carboxylic acids is 1. The van der Waals surface area contributed by atoms with Crippen LogP contribution in [0.5, 0.6) is 0 Å². The first-order valence-electron chi connectivity index (χ1n) is 9.59. The molecular weight excluding hydrogens is 364 g/mol. The number of ether oxygens (including phenoxy) is 1. The SMILES string of the molecule is O=C(O)CCC(Cc1ccccc1)NC(=O)NC1CCOC2(CCSC2)C1. The van der Waals surface area contributed by atoms with Gasteiger partial charge < -0.3 is 20.5 Å². The summed E-state index contributed by atoms with van der Waals surface area (Å²) in [4.78, 5) is 23.5. The van der Waals surface area contributed by atoms with Crippen LogP contribution in [-0.4, -0.2) is 52.9 Å². The zero-order valence-corrected chi connectivity index (χ0v) is 16.3. The van der Waals surface area contributed by atoms with Crippen molar-refractivity contribution in [2.24, 2.45) is 0 Å². The number of benzene rings is 1. The highest BCUT2D eigenvalue weighted by Gasteiger charge is 2.40. The lowest BCUT2D eigenvalue weighted by Gasteiger charge is -2.38. The third kappa shape index (κ3) is 6.14. The van der Waals surface area contributed by atoms with Crippen molar-refractivity contribution >= 4 is 23.8 Å². The first kappa shape index (κ1) is 20.0. The molecule has 1 spiro atoms. The van der Waals surface area contributed by atoms with E-state index in [2.05, 4.69) is 10.6 Å². The van der Waals surface area contributed by atoms with E-state index >= 15 is 0 Å². The number of hydrogen-bond donors (Lipinski definition) is 3. The Morgan fingerprint density at radius 3 is 2.85 bits per heavy atom. The van der Waals surface area contributed by atoms with Crippen molar-refractivity contribution in [3.63, 3.8) is 0 Å². The van der Waals surface area contributed by atoms with Crippen LogP contribution < -0.4 is 10.6 Å². The Balaban J connectivity index is 1.53. The van der Waals surface area contributed by atoms with Gasteiger partial charge in [0.1, 0.15) is 0 Å². The standard InChI is InChI=1S/C20H28N2O4S/c23-18(24)7-6-16(12-15-4-2-1-3-5-15)21-19(25)22-17-8-10-26-20(13-17)9-11-27-14-20/h1-5,16-17H,6-14H2,(H,23,24)(H2,21,22,25). The number of hydrogen-bond acceptors (Lipinski definition) is 4. The molecule has 0 radical (unpaired) electrons. The first-order valence-corrected chi connectivity index (χ1v) is 10.7. The first-order chi connectivity index (χ1) is 13.0. The largest absolute Gasteiger partial charge is 0.481 e. The molecule has 6 nitrogen and oxygen atoms in total. The number of rotatable bonds is 7. The molecule has 2 aliphatic heterocycles. The molecule has 3 unspecified atom stereocenters. The predicted molar refractivity (Wildman–Crippen MR) is 106 cm³/mol. The lowest BCUT2D eigenvalue weighted by atomic mass is 9.90. The molecule has 3 N–H and O–H groups in total. The summed E-state index contributed by atoms with van der Waals surface area (Å²) in [6, 6.07) is 9.51. The zero-order chi connectivity index (χ0) is 19.1. The Labute approximate surface area is 164 Å². The van der Waals surface area contributed by atoms with Gasteiger partial charge in [-0.2, -0.15) is 11.8 Å². The molecule has 1 aromatic rings. The van der Waals surface area contributed by atoms with Gasteiger partial charge in [0.25, 0.3) is 0 Å². The molecule has 1 aromatic carbocycles. The van der Waals surface area contributed by atoms with Gasteiger partial charge in [-0.15, -0.1) is 0 Å². The lowest BCUT2D eigenvalue weighted by Crippen LogP contribution is -2.52. The molecule has 2 fully saturated rings. The Hall–Kier alpha value is -1.73. The van der Waals surface area contributed by atoms with Crippen LogP contribution in [0.4, 0.5) is 4.79 Å². The third-order valence-electron chi connectivity index (χ3n) is 5.26. The van der Waals surface area contributed by atoms with Crippen LogP contribution in [0.25, 0.3) is 0 Å². The molecule has 2 heterocycles. The van der Waals surface area contributed by atoms with Crippen molar-refractivity contribution < 1.29 is 19.4 Å². The summed E-state index contributed by atoms with van der Waals surface area (Å²) in [5.41, 5.74) is 1.01. The number of amides is 2. The second-order valence-electron chi connectivity index (χ2n) is 7.46. The number of carboxylic acid groups (broad SMARTS) is 1. The molecule has 0 aromatic heterocycles. The molecule has 7 heteroatoms. The summed E-state index contributed by atoms with van der Waals surface area (Å²) in [6.45, 7) is 0.679. The molecule has 27 heavy (non-hydrogen) atoms. The van der Waals surface area contributed by atoms with E-state index < -0.39 is 5.97 Å². The van der Waals surface area contributed by atoms with Crippen LogP contribution in [0.15, 0.2) is 30.3 Å². The van der Waals surface area contributed by atoms with Gasteiger partial charge in [0, 0.05) is 30.9 Å². The van der Waals surface area contributed by atoms with Crippen molar-refractivity contribution in [1.29, 1.82) is 0 Å². The molecule has 2 amide bonds. The monoisotopic (exact) mass is 392 g/mol. The molecule has 0 bridgehead atoms. The van der Waals surface area contributed by atoms with Crippen LogP contribution in [0.2, 0.25) is 0 Å². The highest BCUT2D eigenvalue weighted by molar-refractivity contribution is 7.99. The summed E-state index contributed by atoms with van der Waals surface area (Å²) >= 11 is 1.91. The number of thioether (sulfide) groups is 1. The fraction of sp³-hybridized carbons (Fsp3) is 0.600. The fourth-order valence-corrected chi connectivity index (χ4v) is 5.23. The van der Waals surface area contributed by atoms with Gasteiger partial charge in [0.05, 0.1) is 5.60 Å². The summed E-state index contributed by atoms with van der Waals surface area (Å²) in [7, 11) is 0. The smallest absolute Gasteiger partial charge is 0.315 e. The summed E-state index contributed by atoms with van der Waals surface area (Å²) in [5, 5.41) is 15.1. The van der Waals surface area contributed by atoms with Crippen LogP contribution in [0.1, 0.15) is 37.7 Å². The number of urea groups is 1. The van der Waals surface area contributed by atoms with E-state index in [0.717, 1.165) is 36.3 Å². The van der Waals surface area contributed by atoms with Crippen molar-refractivity contribution in [3.8, 4) is 0 Å². The number of carbonyl (C=O) groups is 2. The molecule has 0 aliphatic carbocycles. The van der Waals surface area contributed by atoms with Gasteiger partial charge in [0.15, 0.2) is 0 Å². The Morgan fingerprint density at radius 2 is 2.15 bits per heavy atom. The fourth-order valence-electron chi connectivity index (χ4n) is 3.85. The van der Waals surface area contributed by atoms with Gasteiger partial charge in [-0.25, -0.2) is 4.79 Å². The molecule has 148 valence electrons. The van der Waals surface area contributed by atoms with Crippen molar-refractivity contribution in [1.82, 2.24) is 10.6 Å². The van der Waals surface area contributed by atoms with Crippen LogP contribution in [-0.2, 0) is 16.0 Å². The highest BCUT2D eigenvalue weighted by Crippen LogP contribution is 2.38. The molecule has 2 saturated heterocycles. The van der Waals surface area contributed by atoms with Crippen LogP contribution in [0.3, 0.4) is 0 Å². The minimum absolute atomic E-state index is 0.0371. The van der Waals surface area contributed by atoms with E-state index in [-0.39, 0.29) is 30.1 Å². The second-order valence-corrected chi connectivity index (χ2v) is 8.57. The van der Waals surface area contributed by atoms with Crippen molar-refractivity contribution in [2.75, 3.05) is 18.1 Å². The quantitative estimate of drug-likeness (QED) is 0.664. The number of carbonyl (C=O) groups excluding carboxylic acids is 1. The minimum Gasteiger partial charge on any atom is -0.481 e. The minimum atomic E-state index is -0.847. The van der Waals surface area contributed by atoms with E-state index in [4.69, 9.17) is 9.84 Å². The molecule has 3 rings (SSSR count). The van der Waals surface area contributed by atoms with E-state index in [1.165, 1.54) is 0 Å². The van der Waals surface area contributed by atoms with Gasteiger partial charge in [0.2, 0.25) is 0 Å². The molecular formula is C20H28N2O4S. The Kier molecular flexibility index (Phi) is 7.01. The highest BCUT2D eigenvalue weighted by atomic mass is 32.2. The van der Waals surface area contributed by atoms with E-state index in [0.29, 0.717) is 19.4 Å². The van der Waals surface area contributed by atoms with Crippen LogP contribution in [0, 0.1) is 0 Å². The summed E-state index contributed by atoms with van der Waals surface area (Å²) in [5.74, 6) is 1.27. The summed E-state index contributed by atoms with van der Waals surface area (Å²) < 4.78 is 6.01. The third-order valence-corrected chi connectivity index (χ3v) is 6.49. The maximum Gasteiger partial charge on any atom is 0.315 e. The number of nitrogens with one attached hydrogen (secondary N) is 2. The molecule has 3 atom stereocenters. The van der Waals surface area contributed by atoms with Gasteiger partial charge in [-0.05, 0) is 43.4 Å². The predicted octanol–water partition coefficient (Wildman–Crippen LogP) is 2.82. The normalized spacial score (nSPS) is 25.9. The average molecular weight is 393 g/mol. The van der Waals surface area contributed by atoms with E-state index in [1.54, 1.807) is 0 Å². The topological polar surface area (TPSA) is 87.7 Å². The van der Waals surface area contributed by atoms with Crippen molar-refractivity contribution in [3.05, 3.63) is 35.9 Å². The van der Waals surface area contributed by atoms with Gasteiger partial charge in [-0.1, -0.05) is 30.3 Å². The Bertz CT molecular complexity index is 634. The van der Waals surface area contributed by atoms with E-state index in [1.807, 2.05) is 42.1 Å². The van der Waals surface area contributed by atoms with Gasteiger partial charge >= 0.3 is 12.0 Å². The lowest BCUT2D eigenvalue weighted by molar-refractivity contribution is -0.137. The summed E-state index contributed by atoms with van der Waals surface area (Å²) in [6.07, 6.45) is 3.79. The maximum absolute atomic E-state index is 12.5. The van der Waals surface area contributed by atoms with Crippen molar-refractivity contribution in [2.45, 2.75) is 56.2 Å².